The Morgan fingerprint density at radius 1 is 1.32 bits per heavy atom. The molecule has 8 heteroatoms. The minimum absolute atomic E-state index is 0. The predicted molar refractivity (Wildman–Crippen MR) is 92.3 cm³/mol. The second kappa shape index (κ2) is 6.50. The summed E-state index contributed by atoms with van der Waals surface area (Å²) in [6, 6.07) is 0.712. The number of hydrogen-bond acceptors (Lipinski definition) is 6. The predicted octanol–water partition coefficient (Wildman–Crippen LogP) is 2.74. The number of aromatic nitrogens is 1. The summed E-state index contributed by atoms with van der Waals surface area (Å²) < 4.78 is 10.5. The van der Waals surface area contributed by atoms with Crippen LogP contribution in [0.3, 0.4) is 0 Å². The van der Waals surface area contributed by atoms with Crippen LogP contribution in [0, 0.1) is 0 Å². The van der Waals surface area contributed by atoms with Gasteiger partial charge in [-0.1, -0.05) is 25.9 Å². The van der Waals surface area contributed by atoms with Crippen molar-refractivity contribution >= 4 is 23.6 Å². The van der Waals surface area contributed by atoms with Crippen molar-refractivity contribution in [2.75, 3.05) is 11.9 Å². The molecule has 25 heavy (non-hydrogen) atoms. The van der Waals surface area contributed by atoms with Crippen molar-refractivity contribution in [2.45, 2.75) is 65.0 Å². The third kappa shape index (κ3) is 4.80. The van der Waals surface area contributed by atoms with Gasteiger partial charge in [-0.05, 0) is 20.8 Å². The number of nitrogens with one attached hydrogen (secondary N) is 1. The van der Waals surface area contributed by atoms with Crippen molar-refractivity contribution in [3.63, 3.8) is 0 Å². The summed E-state index contributed by atoms with van der Waals surface area (Å²) in [6.45, 7) is 10.9. The SMILES string of the molecule is CC(C)(C)OC(=O)N1CC(=O)C[C@H]1C(=O)Nc1cc(C(C)(C)C)on1.[HH]. The number of rotatable bonds is 2. The molecule has 2 amide bonds. The van der Waals surface area contributed by atoms with E-state index in [4.69, 9.17) is 9.26 Å². The van der Waals surface area contributed by atoms with E-state index in [0.29, 0.717) is 5.76 Å². The molecule has 1 atom stereocenters. The van der Waals surface area contributed by atoms with Crippen LogP contribution >= 0.6 is 0 Å². The first kappa shape index (κ1) is 19.0. The molecule has 1 aromatic heterocycles. The van der Waals surface area contributed by atoms with Gasteiger partial charge in [0.05, 0.1) is 6.54 Å². The molecule has 1 saturated heterocycles. The summed E-state index contributed by atoms with van der Waals surface area (Å²) in [7, 11) is 0. The number of Topliss-reactive ketones (excluding diaryl/α,β-unsaturated/α-hetero) is 1. The maximum Gasteiger partial charge on any atom is 0.411 e. The first-order chi connectivity index (χ1) is 11.4. The fourth-order valence-electron chi connectivity index (χ4n) is 2.33. The third-order valence-electron chi connectivity index (χ3n) is 3.58. The van der Waals surface area contributed by atoms with E-state index in [1.165, 1.54) is 0 Å². The van der Waals surface area contributed by atoms with Crippen molar-refractivity contribution in [2.24, 2.45) is 0 Å². The zero-order valence-corrected chi connectivity index (χ0v) is 15.5. The number of hydrogen-bond donors (Lipinski definition) is 1. The molecule has 0 spiro atoms. The van der Waals surface area contributed by atoms with Gasteiger partial charge in [-0.2, -0.15) is 0 Å². The molecule has 2 heterocycles. The van der Waals surface area contributed by atoms with Crippen LogP contribution in [0.25, 0.3) is 0 Å². The van der Waals surface area contributed by atoms with Crippen molar-refractivity contribution in [3.05, 3.63) is 11.8 Å². The lowest BCUT2D eigenvalue weighted by atomic mass is 9.93. The molecular formula is C17H27N3O5. The van der Waals surface area contributed by atoms with E-state index < -0.39 is 23.6 Å². The Morgan fingerprint density at radius 3 is 2.48 bits per heavy atom. The highest BCUT2D eigenvalue weighted by atomic mass is 16.6. The van der Waals surface area contributed by atoms with Gasteiger partial charge in [0.25, 0.3) is 0 Å². The van der Waals surface area contributed by atoms with Crippen LogP contribution < -0.4 is 5.32 Å². The van der Waals surface area contributed by atoms with Gasteiger partial charge in [0.2, 0.25) is 5.91 Å². The fraction of sp³-hybridized carbons (Fsp3) is 0.647. The normalized spacial score (nSPS) is 18.4. The number of likely N-dealkylation sites (tertiary alicyclic amines) is 1. The summed E-state index contributed by atoms with van der Waals surface area (Å²) in [5, 5.41) is 6.41. The third-order valence-corrected chi connectivity index (χ3v) is 3.58. The van der Waals surface area contributed by atoms with Gasteiger partial charge in [0.1, 0.15) is 17.4 Å². The highest BCUT2D eigenvalue weighted by Crippen LogP contribution is 2.25. The van der Waals surface area contributed by atoms with Crippen molar-refractivity contribution < 1.29 is 25.1 Å². The van der Waals surface area contributed by atoms with Crippen LogP contribution in [-0.4, -0.2) is 46.0 Å². The van der Waals surface area contributed by atoms with Crippen LogP contribution in [0.4, 0.5) is 10.6 Å². The smallest absolute Gasteiger partial charge is 0.411 e. The van der Waals surface area contributed by atoms with E-state index in [0.717, 1.165) is 4.90 Å². The van der Waals surface area contributed by atoms with Gasteiger partial charge in [0.15, 0.2) is 11.6 Å². The minimum Gasteiger partial charge on any atom is -0.444 e. The molecule has 0 bridgehead atoms. The Balaban J connectivity index is 0.00000338. The van der Waals surface area contributed by atoms with Crippen molar-refractivity contribution in [1.82, 2.24) is 10.1 Å². The average molecular weight is 353 g/mol. The number of ether oxygens (including phenoxy) is 1. The van der Waals surface area contributed by atoms with Gasteiger partial charge < -0.3 is 14.6 Å². The van der Waals surface area contributed by atoms with Gasteiger partial charge in [0, 0.05) is 19.3 Å². The number of carbonyl (C=O) groups is 3. The van der Waals surface area contributed by atoms with E-state index >= 15 is 0 Å². The van der Waals surface area contributed by atoms with Crippen molar-refractivity contribution in [3.8, 4) is 0 Å². The van der Waals surface area contributed by atoms with Crippen LogP contribution in [0.1, 0.15) is 55.2 Å². The monoisotopic (exact) mass is 353 g/mol. The molecular weight excluding hydrogens is 326 g/mol. The second-order valence-corrected chi connectivity index (χ2v) is 8.18. The van der Waals surface area contributed by atoms with Gasteiger partial charge >= 0.3 is 6.09 Å². The molecule has 0 radical (unpaired) electrons. The number of amides is 2. The van der Waals surface area contributed by atoms with Crippen LogP contribution in [-0.2, 0) is 19.7 Å². The van der Waals surface area contributed by atoms with Crippen LogP contribution in [0.2, 0.25) is 0 Å². The Labute approximate surface area is 148 Å². The molecule has 0 unspecified atom stereocenters. The largest absolute Gasteiger partial charge is 0.444 e. The van der Waals surface area contributed by atoms with Gasteiger partial charge in [-0.3, -0.25) is 14.5 Å². The van der Waals surface area contributed by atoms with E-state index in [2.05, 4.69) is 10.5 Å². The second-order valence-electron chi connectivity index (χ2n) is 8.18. The lowest BCUT2D eigenvalue weighted by molar-refractivity contribution is -0.121. The molecule has 2 rings (SSSR count). The van der Waals surface area contributed by atoms with E-state index in [1.54, 1.807) is 26.8 Å². The molecule has 1 aromatic rings. The quantitative estimate of drug-likeness (QED) is 0.877. The van der Waals surface area contributed by atoms with Crippen molar-refractivity contribution in [1.29, 1.82) is 0 Å². The molecule has 0 saturated carbocycles. The molecule has 1 aliphatic rings. The minimum atomic E-state index is -0.919. The summed E-state index contributed by atoms with van der Waals surface area (Å²) in [5.41, 5.74) is -0.959. The Hall–Kier alpha value is -2.38. The number of anilines is 1. The summed E-state index contributed by atoms with van der Waals surface area (Å²) in [4.78, 5) is 37.7. The van der Waals surface area contributed by atoms with E-state index in [1.807, 2.05) is 20.8 Å². The number of ketones is 1. The van der Waals surface area contributed by atoms with Gasteiger partial charge in [-0.25, -0.2) is 4.79 Å². The lowest BCUT2D eigenvalue weighted by Gasteiger charge is -2.27. The number of nitrogens with zero attached hydrogens (tertiary/aromatic N) is 2. The van der Waals surface area contributed by atoms with Crippen LogP contribution in [0.5, 0.6) is 0 Å². The molecule has 1 fully saturated rings. The Kier molecular flexibility index (Phi) is 4.92. The summed E-state index contributed by atoms with van der Waals surface area (Å²) in [5.74, 6) is 0.180. The fourth-order valence-corrected chi connectivity index (χ4v) is 2.33. The molecule has 1 aliphatic heterocycles. The number of carbonyl (C=O) groups excluding carboxylic acids is 3. The van der Waals surface area contributed by atoms with E-state index in [9.17, 15) is 14.4 Å². The van der Waals surface area contributed by atoms with Gasteiger partial charge in [-0.15, -0.1) is 0 Å². The Bertz CT molecular complexity index is 687. The zero-order valence-electron chi connectivity index (χ0n) is 15.5. The summed E-state index contributed by atoms with van der Waals surface area (Å²) in [6.07, 6.45) is -0.733. The first-order valence-electron chi connectivity index (χ1n) is 8.16. The maximum absolute atomic E-state index is 12.5. The molecule has 0 aromatic carbocycles. The molecule has 1 N–H and O–H groups in total. The highest BCUT2D eigenvalue weighted by molar-refractivity contribution is 6.02. The lowest BCUT2D eigenvalue weighted by Crippen LogP contribution is -2.45. The molecule has 0 aliphatic carbocycles. The van der Waals surface area contributed by atoms with E-state index in [-0.39, 0.29) is 31.4 Å². The topological polar surface area (TPSA) is 102 Å². The summed E-state index contributed by atoms with van der Waals surface area (Å²) >= 11 is 0. The van der Waals surface area contributed by atoms with Crippen LogP contribution in [0.15, 0.2) is 10.6 Å². The maximum atomic E-state index is 12.5. The average Bonchev–Trinajstić information content (AvgIpc) is 3.02. The zero-order chi connectivity index (χ0) is 19.0. The highest BCUT2D eigenvalue weighted by Gasteiger charge is 2.41. The Morgan fingerprint density at radius 2 is 1.96 bits per heavy atom. The molecule has 8 nitrogen and oxygen atoms in total. The first-order valence-corrected chi connectivity index (χ1v) is 8.16. The standard InChI is InChI=1S/C17H25N3O5.H2/c1-16(2,3)12-8-13(19-25-12)18-14(22)11-7-10(21)9-20(11)15(23)24-17(4,5)6;/h8,11H,7,9H2,1-6H3,(H,18,19,22);1H/t11-;/m0./s1. The molecule has 140 valence electrons.